The molecule has 0 saturated heterocycles. The molecule has 3 N–H and O–H groups in total. The van der Waals surface area contributed by atoms with Gasteiger partial charge in [-0.3, -0.25) is 10.9 Å². The SMILES string of the molecule is CCNC(=S)NNc1oc(-c2ccccc2)nc1C#N. The fourth-order valence-corrected chi connectivity index (χ4v) is 1.70. The van der Waals surface area contributed by atoms with Crippen molar-refractivity contribution >= 4 is 23.2 Å². The lowest BCUT2D eigenvalue weighted by Gasteiger charge is -2.08. The summed E-state index contributed by atoms with van der Waals surface area (Å²) in [5.41, 5.74) is 6.42. The van der Waals surface area contributed by atoms with Gasteiger partial charge in [0.2, 0.25) is 11.6 Å². The summed E-state index contributed by atoms with van der Waals surface area (Å²) in [6.45, 7) is 2.63. The molecule has 0 aliphatic carbocycles. The number of thiocarbonyl (C=S) groups is 1. The third-order valence-electron chi connectivity index (χ3n) is 2.38. The Morgan fingerprint density at radius 1 is 1.40 bits per heavy atom. The molecule has 0 aliphatic rings. The quantitative estimate of drug-likeness (QED) is 0.586. The molecule has 7 heteroatoms. The van der Waals surface area contributed by atoms with Crippen LogP contribution in [0.4, 0.5) is 5.88 Å². The van der Waals surface area contributed by atoms with Crippen molar-refractivity contribution in [3.63, 3.8) is 0 Å². The zero-order valence-electron chi connectivity index (χ0n) is 10.8. The molecule has 0 unspecified atom stereocenters. The van der Waals surface area contributed by atoms with Crippen LogP contribution in [0.5, 0.6) is 0 Å². The molecule has 0 saturated carbocycles. The lowest BCUT2D eigenvalue weighted by atomic mass is 10.2. The Kier molecular flexibility index (Phi) is 4.52. The van der Waals surface area contributed by atoms with E-state index in [2.05, 4.69) is 21.2 Å². The van der Waals surface area contributed by atoms with Crippen LogP contribution in [0.2, 0.25) is 0 Å². The highest BCUT2D eigenvalue weighted by atomic mass is 32.1. The van der Waals surface area contributed by atoms with Crippen LogP contribution in [0.1, 0.15) is 12.6 Å². The summed E-state index contributed by atoms with van der Waals surface area (Å²) in [6, 6.07) is 11.3. The van der Waals surface area contributed by atoms with Crippen molar-refractivity contribution in [1.82, 2.24) is 15.7 Å². The van der Waals surface area contributed by atoms with E-state index in [1.807, 2.05) is 43.3 Å². The first-order valence-corrected chi connectivity index (χ1v) is 6.41. The van der Waals surface area contributed by atoms with Gasteiger partial charge in [-0.2, -0.15) is 10.2 Å². The highest BCUT2D eigenvalue weighted by Crippen LogP contribution is 2.24. The first-order chi connectivity index (χ1) is 9.74. The third-order valence-corrected chi connectivity index (χ3v) is 2.63. The molecule has 0 bridgehead atoms. The molecule has 1 aromatic heterocycles. The lowest BCUT2D eigenvalue weighted by molar-refractivity contribution is 0.582. The maximum absolute atomic E-state index is 9.06. The van der Waals surface area contributed by atoms with E-state index in [1.165, 1.54) is 0 Å². The highest BCUT2D eigenvalue weighted by Gasteiger charge is 2.14. The first-order valence-electron chi connectivity index (χ1n) is 6.00. The molecule has 0 atom stereocenters. The van der Waals surface area contributed by atoms with E-state index in [9.17, 15) is 0 Å². The first kappa shape index (κ1) is 13.8. The summed E-state index contributed by atoms with van der Waals surface area (Å²) < 4.78 is 5.53. The zero-order chi connectivity index (χ0) is 14.4. The smallest absolute Gasteiger partial charge is 0.250 e. The fourth-order valence-electron chi connectivity index (χ4n) is 1.50. The van der Waals surface area contributed by atoms with E-state index in [0.29, 0.717) is 17.5 Å². The number of rotatable bonds is 4. The number of oxazole rings is 1. The van der Waals surface area contributed by atoms with Gasteiger partial charge in [0.1, 0.15) is 6.07 Å². The molecule has 1 aromatic carbocycles. The Balaban J connectivity index is 2.16. The molecule has 2 rings (SSSR count). The number of nitrogens with one attached hydrogen (secondary N) is 3. The fraction of sp³-hybridized carbons (Fsp3) is 0.154. The van der Waals surface area contributed by atoms with Gasteiger partial charge in [-0.05, 0) is 31.3 Å². The summed E-state index contributed by atoms with van der Waals surface area (Å²) in [4.78, 5) is 4.13. The normalized spacial score (nSPS) is 9.60. The highest BCUT2D eigenvalue weighted by molar-refractivity contribution is 7.80. The van der Waals surface area contributed by atoms with Gasteiger partial charge in [-0.15, -0.1) is 0 Å². The van der Waals surface area contributed by atoms with E-state index in [0.717, 1.165) is 5.56 Å². The van der Waals surface area contributed by atoms with Gasteiger partial charge in [0.25, 0.3) is 5.88 Å². The number of hydrazine groups is 1. The number of nitriles is 1. The van der Waals surface area contributed by atoms with Crippen LogP contribution in [0.3, 0.4) is 0 Å². The average Bonchev–Trinajstić information content (AvgIpc) is 2.90. The Bertz CT molecular complexity index is 632. The number of anilines is 1. The number of hydrogen-bond donors (Lipinski definition) is 3. The van der Waals surface area contributed by atoms with Gasteiger partial charge >= 0.3 is 0 Å². The summed E-state index contributed by atoms with van der Waals surface area (Å²) in [5.74, 6) is 0.604. The van der Waals surface area contributed by atoms with Crippen molar-refractivity contribution < 1.29 is 4.42 Å². The molecule has 2 aromatic rings. The van der Waals surface area contributed by atoms with Gasteiger partial charge < -0.3 is 9.73 Å². The maximum Gasteiger partial charge on any atom is 0.250 e. The lowest BCUT2D eigenvalue weighted by Crippen LogP contribution is -2.38. The minimum absolute atomic E-state index is 0.163. The number of benzene rings is 1. The molecule has 20 heavy (non-hydrogen) atoms. The second-order valence-electron chi connectivity index (χ2n) is 3.78. The minimum Gasteiger partial charge on any atom is -0.417 e. The molecular weight excluding hydrogens is 274 g/mol. The monoisotopic (exact) mass is 287 g/mol. The molecule has 0 fully saturated rings. The molecule has 102 valence electrons. The van der Waals surface area contributed by atoms with E-state index < -0.39 is 0 Å². The molecule has 1 heterocycles. The number of nitrogens with zero attached hydrogens (tertiary/aromatic N) is 2. The van der Waals surface area contributed by atoms with Crippen LogP contribution >= 0.6 is 12.2 Å². The second kappa shape index (κ2) is 6.54. The molecule has 0 radical (unpaired) electrons. The van der Waals surface area contributed by atoms with Crippen molar-refractivity contribution in [3.05, 3.63) is 36.0 Å². The van der Waals surface area contributed by atoms with Crippen LogP contribution in [0.25, 0.3) is 11.5 Å². The van der Waals surface area contributed by atoms with Crippen LogP contribution in [-0.4, -0.2) is 16.6 Å². The standard InChI is InChI=1S/C13H13N5OS/c1-2-15-13(20)18-17-12-10(8-14)16-11(19-12)9-6-4-3-5-7-9/h3-7,17H,2H2,1H3,(H2,15,18,20). The molecule has 0 amide bonds. The molecule has 0 aliphatic heterocycles. The summed E-state index contributed by atoms with van der Waals surface area (Å²) in [5, 5.41) is 12.4. The zero-order valence-corrected chi connectivity index (χ0v) is 11.6. The Labute approximate surface area is 121 Å². The van der Waals surface area contributed by atoms with Gasteiger partial charge in [-0.1, -0.05) is 18.2 Å². The average molecular weight is 287 g/mol. The maximum atomic E-state index is 9.06. The van der Waals surface area contributed by atoms with E-state index in [-0.39, 0.29) is 11.6 Å². The second-order valence-corrected chi connectivity index (χ2v) is 4.19. The van der Waals surface area contributed by atoms with E-state index in [1.54, 1.807) is 0 Å². The number of hydrogen-bond acceptors (Lipinski definition) is 5. The third kappa shape index (κ3) is 3.24. The Morgan fingerprint density at radius 2 is 2.15 bits per heavy atom. The Morgan fingerprint density at radius 3 is 2.80 bits per heavy atom. The van der Waals surface area contributed by atoms with Crippen LogP contribution in [0, 0.1) is 11.3 Å². The van der Waals surface area contributed by atoms with Crippen molar-refractivity contribution in [2.75, 3.05) is 12.0 Å². The summed E-state index contributed by atoms with van der Waals surface area (Å²) in [6.07, 6.45) is 0. The summed E-state index contributed by atoms with van der Waals surface area (Å²) >= 11 is 5.00. The van der Waals surface area contributed by atoms with Gasteiger partial charge in [-0.25, -0.2) is 0 Å². The van der Waals surface area contributed by atoms with Gasteiger partial charge in [0.15, 0.2) is 5.11 Å². The molecule has 6 nitrogen and oxygen atoms in total. The van der Waals surface area contributed by atoms with Gasteiger partial charge in [0, 0.05) is 12.1 Å². The van der Waals surface area contributed by atoms with Crippen molar-refractivity contribution in [2.24, 2.45) is 0 Å². The largest absolute Gasteiger partial charge is 0.417 e. The topological polar surface area (TPSA) is 85.9 Å². The van der Waals surface area contributed by atoms with E-state index >= 15 is 0 Å². The predicted octanol–water partition coefficient (Wildman–Crippen LogP) is 2.02. The van der Waals surface area contributed by atoms with Crippen molar-refractivity contribution in [2.45, 2.75) is 6.92 Å². The van der Waals surface area contributed by atoms with Crippen molar-refractivity contribution in [1.29, 1.82) is 5.26 Å². The van der Waals surface area contributed by atoms with Crippen LogP contribution in [0.15, 0.2) is 34.7 Å². The van der Waals surface area contributed by atoms with E-state index in [4.69, 9.17) is 21.9 Å². The van der Waals surface area contributed by atoms with Gasteiger partial charge in [0.05, 0.1) is 0 Å². The molecular formula is C13H13N5OS. The van der Waals surface area contributed by atoms with Crippen LogP contribution < -0.4 is 16.2 Å². The summed E-state index contributed by atoms with van der Waals surface area (Å²) in [7, 11) is 0. The van der Waals surface area contributed by atoms with Crippen molar-refractivity contribution in [3.8, 4) is 17.5 Å². The number of aromatic nitrogens is 1. The Hall–Kier alpha value is -2.59. The van der Waals surface area contributed by atoms with Crippen LogP contribution in [-0.2, 0) is 0 Å². The predicted molar refractivity (Wildman–Crippen MR) is 79.7 cm³/mol. The molecule has 0 spiro atoms. The minimum atomic E-state index is 0.163.